The maximum absolute atomic E-state index is 13.2. The van der Waals surface area contributed by atoms with Crippen molar-refractivity contribution in [1.29, 1.82) is 0 Å². The number of nitrogens with zero attached hydrogens (tertiary/aromatic N) is 1. The Hall–Kier alpha value is -2.96. The van der Waals surface area contributed by atoms with E-state index in [4.69, 9.17) is 14.5 Å². The van der Waals surface area contributed by atoms with Gasteiger partial charge in [0.05, 0.1) is 35.6 Å². The number of ether oxygens (including phenoxy) is 2. The summed E-state index contributed by atoms with van der Waals surface area (Å²) < 4.78 is 10.8. The Bertz CT molecular complexity index is 1040. The summed E-state index contributed by atoms with van der Waals surface area (Å²) in [4.78, 5) is 17.9. The van der Waals surface area contributed by atoms with Crippen LogP contribution in [0.25, 0.3) is 22.2 Å². The molecule has 1 heterocycles. The number of para-hydroxylation sites is 1. The second-order valence-electron chi connectivity index (χ2n) is 7.51. The number of amides is 1. The molecule has 1 aliphatic rings. The molecule has 0 unspecified atom stereocenters. The fraction of sp³-hybridized carbons (Fsp3) is 0.333. The number of nitrogens with one attached hydrogen (secondary N) is 1. The molecule has 0 aliphatic heterocycles. The lowest BCUT2D eigenvalue weighted by Crippen LogP contribution is -2.33. The number of carbonyl (C=O) groups is 1. The number of hydrogen-bond donors (Lipinski definition) is 2. The van der Waals surface area contributed by atoms with E-state index >= 15 is 0 Å². The average Bonchev–Trinajstić information content (AvgIpc) is 3.12. The van der Waals surface area contributed by atoms with Gasteiger partial charge in [-0.1, -0.05) is 18.2 Å². The molecule has 2 aromatic carbocycles. The fourth-order valence-electron chi connectivity index (χ4n) is 4.01. The lowest BCUT2D eigenvalue weighted by molar-refractivity contribution is 0.00979. The van der Waals surface area contributed by atoms with Crippen LogP contribution < -0.4 is 10.1 Å². The maximum atomic E-state index is 13.2. The van der Waals surface area contributed by atoms with Crippen molar-refractivity contribution in [3.05, 3.63) is 60.2 Å². The van der Waals surface area contributed by atoms with Crippen LogP contribution in [0.15, 0.2) is 54.6 Å². The molecular weight excluding hydrogens is 380 g/mol. The summed E-state index contributed by atoms with van der Waals surface area (Å²) in [5, 5.41) is 13.9. The zero-order valence-corrected chi connectivity index (χ0v) is 17.2. The normalized spacial score (nSPS) is 21.0. The topological polar surface area (TPSA) is 80.7 Å². The zero-order valence-electron chi connectivity index (χ0n) is 17.2. The number of rotatable bonds is 6. The number of aliphatic hydroxyl groups excluding tert-OH is 1. The van der Waals surface area contributed by atoms with Gasteiger partial charge in [0.15, 0.2) is 0 Å². The molecule has 2 N–H and O–H groups in total. The smallest absolute Gasteiger partial charge is 0.252 e. The van der Waals surface area contributed by atoms with Crippen LogP contribution in [0.4, 0.5) is 0 Å². The number of hydrogen-bond acceptors (Lipinski definition) is 5. The third kappa shape index (κ3) is 4.15. The van der Waals surface area contributed by atoms with E-state index < -0.39 is 6.10 Å². The number of methoxy groups -OCH3 is 1. The van der Waals surface area contributed by atoms with Crippen molar-refractivity contribution in [2.24, 2.45) is 0 Å². The Kier molecular flexibility index (Phi) is 5.97. The van der Waals surface area contributed by atoms with Gasteiger partial charge in [-0.25, -0.2) is 4.98 Å². The molecule has 156 valence electrons. The van der Waals surface area contributed by atoms with Crippen molar-refractivity contribution in [3.63, 3.8) is 0 Å². The molecule has 1 amide bonds. The van der Waals surface area contributed by atoms with E-state index in [0.717, 1.165) is 27.9 Å². The van der Waals surface area contributed by atoms with Gasteiger partial charge in [0.1, 0.15) is 5.75 Å². The first kappa shape index (κ1) is 20.3. The average molecular weight is 406 g/mol. The summed E-state index contributed by atoms with van der Waals surface area (Å²) in [5.41, 5.74) is 2.97. The van der Waals surface area contributed by atoms with Crippen molar-refractivity contribution < 1.29 is 19.4 Å². The standard InChI is InChI=1S/C24H26N2O4/c1-3-30-17-10-8-15(9-11-17)21-14-19(18-6-4-5-7-20(18)26-21)24(28)25-16-12-22(27)23(13-16)29-2/h4-11,14,16,22-23,27H,3,12-13H2,1-2H3,(H,25,28)/t16-,22-,23-/m1/s1. The van der Waals surface area contributed by atoms with E-state index in [9.17, 15) is 9.90 Å². The predicted octanol–water partition coefficient (Wildman–Crippen LogP) is 3.57. The number of fused-ring (bicyclic) bond motifs is 1. The van der Waals surface area contributed by atoms with E-state index in [2.05, 4.69) is 5.32 Å². The van der Waals surface area contributed by atoms with Crippen molar-refractivity contribution in [1.82, 2.24) is 10.3 Å². The van der Waals surface area contributed by atoms with E-state index in [0.29, 0.717) is 25.0 Å². The first-order chi connectivity index (χ1) is 14.6. The molecule has 0 radical (unpaired) electrons. The van der Waals surface area contributed by atoms with Crippen molar-refractivity contribution in [2.75, 3.05) is 13.7 Å². The van der Waals surface area contributed by atoms with Gasteiger partial charge in [0, 0.05) is 24.1 Å². The van der Waals surface area contributed by atoms with E-state index in [1.165, 1.54) is 0 Å². The Balaban J connectivity index is 1.66. The highest BCUT2D eigenvalue weighted by molar-refractivity contribution is 6.07. The fourth-order valence-corrected chi connectivity index (χ4v) is 4.01. The molecule has 0 bridgehead atoms. The summed E-state index contributed by atoms with van der Waals surface area (Å²) in [6, 6.07) is 17.0. The third-order valence-electron chi connectivity index (χ3n) is 5.53. The minimum atomic E-state index is -0.561. The minimum Gasteiger partial charge on any atom is -0.494 e. The Morgan fingerprint density at radius 2 is 1.93 bits per heavy atom. The zero-order chi connectivity index (χ0) is 21.1. The highest BCUT2D eigenvalue weighted by Gasteiger charge is 2.34. The Morgan fingerprint density at radius 3 is 2.63 bits per heavy atom. The van der Waals surface area contributed by atoms with Crippen molar-refractivity contribution in [3.8, 4) is 17.0 Å². The first-order valence-electron chi connectivity index (χ1n) is 10.2. The quantitative estimate of drug-likeness (QED) is 0.654. The number of carbonyl (C=O) groups excluding carboxylic acids is 1. The molecule has 3 atom stereocenters. The summed E-state index contributed by atoms with van der Waals surface area (Å²) in [6.07, 6.45) is 0.273. The van der Waals surface area contributed by atoms with E-state index in [1.54, 1.807) is 7.11 Å². The van der Waals surface area contributed by atoms with Crippen LogP contribution in [-0.4, -0.2) is 48.0 Å². The summed E-state index contributed by atoms with van der Waals surface area (Å²) in [5.74, 6) is 0.627. The van der Waals surface area contributed by atoms with Gasteiger partial charge >= 0.3 is 0 Å². The van der Waals surface area contributed by atoms with Gasteiger partial charge in [0.2, 0.25) is 0 Å². The van der Waals surface area contributed by atoms with Gasteiger partial charge in [-0.05, 0) is 56.2 Å². The van der Waals surface area contributed by atoms with Gasteiger partial charge in [-0.15, -0.1) is 0 Å². The van der Waals surface area contributed by atoms with Crippen LogP contribution in [0, 0.1) is 0 Å². The number of pyridine rings is 1. The molecule has 6 heteroatoms. The molecule has 1 aliphatic carbocycles. The van der Waals surface area contributed by atoms with Gasteiger partial charge in [0.25, 0.3) is 5.91 Å². The molecule has 0 spiro atoms. The lowest BCUT2D eigenvalue weighted by atomic mass is 10.0. The largest absolute Gasteiger partial charge is 0.494 e. The van der Waals surface area contributed by atoms with E-state index in [1.807, 2.05) is 61.5 Å². The van der Waals surface area contributed by atoms with Crippen LogP contribution in [0.2, 0.25) is 0 Å². The predicted molar refractivity (Wildman–Crippen MR) is 116 cm³/mol. The van der Waals surface area contributed by atoms with Gasteiger partial charge in [-0.2, -0.15) is 0 Å². The molecule has 30 heavy (non-hydrogen) atoms. The lowest BCUT2D eigenvalue weighted by Gasteiger charge is -2.15. The third-order valence-corrected chi connectivity index (χ3v) is 5.53. The summed E-state index contributed by atoms with van der Waals surface area (Å²) >= 11 is 0. The van der Waals surface area contributed by atoms with Crippen LogP contribution in [0.3, 0.4) is 0 Å². The molecule has 1 fully saturated rings. The van der Waals surface area contributed by atoms with Crippen LogP contribution in [0.1, 0.15) is 30.1 Å². The van der Waals surface area contributed by atoms with Crippen LogP contribution in [0.5, 0.6) is 5.75 Å². The van der Waals surface area contributed by atoms with Gasteiger partial charge < -0.3 is 19.9 Å². The molecule has 4 rings (SSSR count). The summed E-state index contributed by atoms with van der Waals surface area (Å²) in [7, 11) is 1.58. The number of aromatic nitrogens is 1. The Labute approximate surface area is 175 Å². The van der Waals surface area contributed by atoms with E-state index in [-0.39, 0.29) is 18.1 Å². The second kappa shape index (κ2) is 8.81. The summed E-state index contributed by atoms with van der Waals surface area (Å²) in [6.45, 7) is 2.56. The number of aliphatic hydroxyl groups is 1. The molecule has 6 nitrogen and oxygen atoms in total. The number of benzene rings is 2. The van der Waals surface area contributed by atoms with Crippen LogP contribution >= 0.6 is 0 Å². The molecule has 1 aromatic heterocycles. The molecule has 1 saturated carbocycles. The highest BCUT2D eigenvalue weighted by Crippen LogP contribution is 2.28. The first-order valence-corrected chi connectivity index (χ1v) is 10.2. The minimum absolute atomic E-state index is 0.127. The molecular formula is C24H26N2O4. The highest BCUT2D eigenvalue weighted by atomic mass is 16.5. The van der Waals surface area contributed by atoms with Crippen molar-refractivity contribution in [2.45, 2.75) is 38.0 Å². The monoisotopic (exact) mass is 406 g/mol. The maximum Gasteiger partial charge on any atom is 0.252 e. The van der Waals surface area contributed by atoms with Gasteiger partial charge in [-0.3, -0.25) is 4.79 Å². The molecule has 3 aromatic rings. The van der Waals surface area contributed by atoms with Crippen LogP contribution in [-0.2, 0) is 4.74 Å². The Morgan fingerprint density at radius 1 is 1.17 bits per heavy atom. The SMILES string of the molecule is CCOc1ccc(-c2cc(C(=O)N[C@@H]3C[C@@H](O)[C@H](OC)C3)c3ccccc3n2)cc1. The van der Waals surface area contributed by atoms with Crippen molar-refractivity contribution >= 4 is 16.8 Å². The molecule has 0 saturated heterocycles. The second-order valence-corrected chi connectivity index (χ2v) is 7.51.